The van der Waals surface area contributed by atoms with Gasteiger partial charge in [-0.25, -0.2) is 4.39 Å². The average molecular weight is 301 g/mol. The number of carbonyl (C=O) groups is 1. The monoisotopic (exact) mass is 300 g/mol. The molecule has 1 aromatic carbocycles. The fourth-order valence-electron chi connectivity index (χ4n) is 2.37. The summed E-state index contributed by atoms with van der Waals surface area (Å²) in [5.74, 6) is 0.547. The lowest BCUT2D eigenvalue weighted by Gasteiger charge is -2.09. The van der Waals surface area contributed by atoms with Crippen molar-refractivity contribution in [3.63, 3.8) is 0 Å². The van der Waals surface area contributed by atoms with E-state index in [0.717, 1.165) is 31.6 Å². The second kappa shape index (κ2) is 8.93. The molecule has 2 N–H and O–H groups in total. The van der Waals surface area contributed by atoms with Crippen LogP contribution in [-0.2, 0) is 11.2 Å². The van der Waals surface area contributed by atoms with Crippen molar-refractivity contribution in [1.82, 2.24) is 10.6 Å². The first-order valence-electron chi connectivity index (χ1n) is 6.96. The summed E-state index contributed by atoms with van der Waals surface area (Å²) in [5, 5.41) is 6.27. The molecule has 0 spiro atoms. The van der Waals surface area contributed by atoms with E-state index in [0.29, 0.717) is 18.8 Å². The SMILES string of the molecule is Cl.O=C(CCc1ccc(F)cc1)NCCC1CCNC1. The minimum absolute atomic E-state index is 0. The van der Waals surface area contributed by atoms with Crippen molar-refractivity contribution in [2.45, 2.75) is 25.7 Å². The van der Waals surface area contributed by atoms with Crippen molar-refractivity contribution in [2.75, 3.05) is 19.6 Å². The van der Waals surface area contributed by atoms with Gasteiger partial charge in [-0.2, -0.15) is 0 Å². The van der Waals surface area contributed by atoms with Gasteiger partial charge in [0.25, 0.3) is 0 Å². The van der Waals surface area contributed by atoms with Gasteiger partial charge in [0.15, 0.2) is 0 Å². The number of hydrogen-bond donors (Lipinski definition) is 2. The first kappa shape index (κ1) is 16.9. The number of halogens is 2. The van der Waals surface area contributed by atoms with E-state index in [-0.39, 0.29) is 24.1 Å². The topological polar surface area (TPSA) is 41.1 Å². The number of rotatable bonds is 6. The van der Waals surface area contributed by atoms with Crippen molar-refractivity contribution in [3.8, 4) is 0 Å². The van der Waals surface area contributed by atoms with E-state index in [1.807, 2.05) is 0 Å². The number of nitrogens with one attached hydrogen (secondary N) is 2. The highest BCUT2D eigenvalue weighted by Gasteiger charge is 2.13. The van der Waals surface area contributed by atoms with E-state index in [4.69, 9.17) is 0 Å². The Morgan fingerprint density at radius 1 is 1.35 bits per heavy atom. The van der Waals surface area contributed by atoms with E-state index in [9.17, 15) is 9.18 Å². The molecule has 5 heteroatoms. The Labute approximate surface area is 125 Å². The van der Waals surface area contributed by atoms with Gasteiger partial charge in [0.2, 0.25) is 5.91 Å². The Balaban J connectivity index is 0.00000200. The van der Waals surface area contributed by atoms with Crippen LogP contribution in [0.4, 0.5) is 4.39 Å². The third-order valence-corrected chi connectivity index (χ3v) is 3.59. The largest absolute Gasteiger partial charge is 0.356 e. The molecule has 0 bridgehead atoms. The smallest absolute Gasteiger partial charge is 0.220 e. The molecule has 0 saturated carbocycles. The zero-order chi connectivity index (χ0) is 13.5. The fraction of sp³-hybridized carbons (Fsp3) is 0.533. The Hall–Kier alpha value is -1.13. The van der Waals surface area contributed by atoms with Gasteiger partial charge in [0, 0.05) is 13.0 Å². The van der Waals surface area contributed by atoms with Crippen molar-refractivity contribution < 1.29 is 9.18 Å². The Kier molecular flexibility index (Phi) is 7.55. The van der Waals surface area contributed by atoms with Gasteiger partial charge in [0.05, 0.1) is 0 Å². The van der Waals surface area contributed by atoms with Crippen LogP contribution in [0.2, 0.25) is 0 Å². The molecule has 1 amide bonds. The van der Waals surface area contributed by atoms with Crippen LogP contribution >= 0.6 is 12.4 Å². The summed E-state index contributed by atoms with van der Waals surface area (Å²) in [6.07, 6.45) is 3.40. The van der Waals surface area contributed by atoms with E-state index in [1.165, 1.54) is 18.6 Å². The van der Waals surface area contributed by atoms with E-state index >= 15 is 0 Å². The third kappa shape index (κ3) is 5.88. The summed E-state index contributed by atoms with van der Waals surface area (Å²) in [6.45, 7) is 2.93. The van der Waals surface area contributed by atoms with Crippen LogP contribution in [0.15, 0.2) is 24.3 Å². The number of benzene rings is 1. The number of aryl methyl sites for hydroxylation is 1. The summed E-state index contributed by atoms with van der Waals surface area (Å²) in [4.78, 5) is 11.7. The number of hydrogen-bond acceptors (Lipinski definition) is 2. The second-order valence-electron chi connectivity index (χ2n) is 5.12. The van der Waals surface area contributed by atoms with Gasteiger partial charge in [-0.15, -0.1) is 12.4 Å². The lowest BCUT2D eigenvalue weighted by Crippen LogP contribution is -2.26. The normalized spacial score (nSPS) is 17.6. The standard InChI is InChI=1S/C15H21FN2O.ClH/c16-14-4-1-12(2-5-14)3-6-15(19)18-10-8-13-7-9-17-11-13;/h1-2,4-5,13,17H,3,6-11H2,(H,18,19);1H. The molecule has 0 aliphatic carbocycles. The van der Waals surface area contributed by atoms with Crippen LogP contribution in [-0.4, -0.2) is 25.5 Å². The van der Waals surface area contributed by atoms with Gasteiger partial charge >= 0.3 is 0 Å². The van der Waals surface area contributed by atoms with Crippen LogP contribution in [0.5, 0.6) is 0 Å². The van der Waals surface area contributed by atoms with Gasteiger partial charge in [-0.1, -0.05) is 12.1 Å². The van der Waals surface area contributed by atoms with Crippen LogP contribution in [0.1, 0.15) is 24.8 Å². The van der Waals surface area contributed by atoms with Crippen LogP contribution in [0.25, 0.3) is 0 Å². The molecular weight excluding hydrogens is 279 g/mol. The molecule has 1 unspecified atom stereocenters. The Morgan fingerprint density at radius 2 is 2.10 bits per heavy atom. The van der Waals surface area contributed by atoms with Crippen molar-refractivity contribution >= 4 is 18.3 Å². The molecular formula is C15H22ClFN2O. The van der Waals surface area contributed by atoms with Gasteiger partial charge in [-0.3, -0.25) is 4.79 Å². The Bertz CT molecular complexity index is 405. The summed E-state index contributed by atoms with van der Waals surface area (Å²) < 4.78 is 12.7. The summed E-state index contributed by atoms with van der Waals surface area (Å²) in [6, 6.07) is 6.32. The van der Waals surface area contributed by atoms with Gasteiger partial charge in [0.1, 0.15) is 5.82 Å². The minimum Gasteiger partial charge on any atom is -0.356 e. The first-order chi connectivity index (χ1) is 9.24. The van der Waals surface area contributed by atoms with Crippen molar-refractivity contribution in [3.05, 3.63) is 35.6 Å². The zero-order valence-electron chi connectivity index (χ0n) is 11.5. The van der Waals surface area contributed by atoms with Gasteiger partial charge in [-0.05, 0) is 56.0 Å². The Morgan fingerprint density at radius 3 is 2.75 bits per heavy atom. The maximum atomic E-state index is 12.7. The molecule has 1 aliphatic heterocycles. The highest BCUT2D eigenvalue weighted by molar-refractivity contribution is 5.85. The maximum absolute atomic E-state index is 12.7. The molecule has 1 atom stereocenters. The first-order valence-corrected chi connectivity index (χ1v) is 6.96. The fourth-order valence-corrected chi connectivity index (χ4v) is 2.37. The summed E-state index contributed by atoms with van der Waals surface area (Å²) in [7, 11) is 0. The molecule has 1 saturated heterocycles. The van der Waals surface area contributed by atoms with Crippen LogP contribution < -0.4 is 10.6 Å². The zero-order valence-corrected chi connectivity index (χ0v) is 12.3. The second-order valence-corrected chi connectivity index (χ2v) is 5.12. The number of carbonyl (C=O) groups excluding carboxylic acids is 1. The molecule has 1 heterocycles. The molecule has 0 aromatic heterocycles. The van der Waals surface area contributed by atoms with E-state index < -0.39 is 0 Å². The predicted molar refractivity (Wildman–Crippen MR) is 80.6 cm³/mol. The average Bonchev–Trinajstić information content (AvgIpc) is 2.91. The lowest BCUT2D eigenvalue weighted by molar-refractivity contribution is -0.121. The maximum Gasteiger partial charge on any atom is 0.220 e. The van der Waals surface area contributed by atoms with Crippen LogP contribution in [0.3, 0.4) is 0 Å². The van der Waals surface area contributed by atoms with Crippen LogP contribution in [0, 0.1) is 11.7 Å². The molecule has 3 nitrogen and oxygen atoms in total. The summed E-state index contributed by atoms with van der Waals surface area (Å²) >= 11 is 0. The molecule has 1 aromatic rings. The van der Waals surface area contributed by atoms with E-state index in [1.54, 1.807) is 12.1 Å². The highest BCUT2D eigenvalue weighted by atomic mass is 35.5. The summed E-state index contributed by atoms with van der Waals surface area (Å²) in [5.41, 5.74) is 0.997. The van der Waals surface area contributed by atoms with Crippen molar-refractivity contribution in [1.29, 1.82) is 0 Å². The number of amides is 1. The molecule has 2 rings (SSSR count). The quantitative estimate of drug-likeness (QED) is 0.846. The molecule has 0 radical (unpaired) electrons. The highest BCUT2D eigenvalue weighted by Crippen LogP contribution is 2.11. The predicted octanol–water partition coefficient (Wildman–Crippen LogP) is 2.30. The van der Waals surface area contributed by atoms with Crippen molar-refractivity contribution in [2.24, 2.45) is 5.92 Å². The third-order valence-electron chi connectivity index (χ3n) is 3.59. The van der Waals surface area contributed by atoms with E-state index in [2.05, 4.69) is 10.6 Å². The molecule has 1 aliphatic rings. The molecule has 1 fully saturated rings. The molecule has 20 heavy (non-hydrogen) atoms. The lowest BCUT2D eigenvalue weighted by atomic mass is 10.1. The molecule has 112 valence electrons. The minimum atomic E-state index is -0.238. The van der Waals surface area contributed by atoms with Gasteiger partial charge < -0.3 is 10.6 Å².